The first kappa shape index (κ1) is 25.9. The van der Waals surface area contributed by atoms with Gasteiger partial charge in [0.1, 0.15) is 11.5 Å². The lowest BCUT2D eigenvalue weighted by atomic mass is 10.3. The Morgan fingerprint density at radius 1 is 0.679 bits per heavy atom. The molecular formula is C20H30O6S2. The number of phenols is 2. The summed E-state index contributed by atoms with van der Waals surface area (Å²) in [4.78, 5) is 0. The molecule has 2 N–H and O–H groups in total. The molecule has 0 heterocycles. The minimum atomic E-state index is -3.57. The molecule has 0 atom stereocenters. The van der Waals surface area contributed by atoms with Gasteiger partial charge in [0.2, 0.25) is 0 Å². The molecule has 0 spiro atoms. The van der Waals surface area contributed by atoms with Gasteiger partial charge in [-0.1, -0.05) is 57.2 Å². The third-order valence-electron chi connectivity index (χ3n) is 4.23. The topological polar surface area (TPSA) is 109 Å². The van der Waals surface area contributed by atoms with Crippen LogP contribution in [0.2, 0.25) is 0 Å². The summed E-state index contributed by atoms with van der Waals surface area (Å²) in [5.41, 5.74) is 0. The van der Waals surface area contributed by atoms with Crippen LogP contribution in [0.4, 0.5) is 0 Å². The van der Waals surface area contributed by atoms with E-state index in [9.17, 15) is 16.8 Å². The van der Waals surface area contributed by atoms with E-state index in [0.717, 1.165) is 0 Å². The van der Waals surface area contributed by atoms with Gasteiger partial charge in [-0.25, -0.2) is 16.8 Å². The fourth-order valence-corrected chi connectivity index (χ4v) is 6.46. The molecule has 0 saturated carbocycles. The summed E-state index contributed by atoms with van der Waals surface area (Å²) in [5.74, 6) is 0.359. The summed E-state index contributed by atoms with van der Waals surface area (Å²) in [6, 6.07) is 17.4. The van der Waals surface area contributed by atoms with Gasteiger partial charge in [-0.05, 0) is 37.6 Å². The maximum Gasteiger partial charge on any atom is 0.170 e. The highest BCUT2D eigenvalue weighted by atomic mass is 32.3. The van der Waals surface area contributed by atoms with Crippen molar-refractivity contribution in [3.8, 4) is 11.5 Å². The van der Waals surface area contributed by atoms with E-state index in [1.165, 1.54) is 20.8 Å². The van der Waals surface area contributed by atoms with Crippen LogP contribution in [0.25, 0.3) is 0 Å². The molecule has 8 heteroatoms. The van der Waals surface area contributed by atoms with Crippen molar-refractivity contribution >= 4 is 19.7 Å². The van der Waals surface area contributed by atoms with Crippen molar-refractivity contribution in [2.75, 3.05) is 11.5 Å². The maximum atomic E-state index is 11.7. The van der Waals surface area contributed by atoms with Gasteiger partial charge in [0.15, 0.2) is 23.8 Å². The molecule has 0 aliphatic carbocycles. The molecule has 0 amide bonds. The van der Waals surface area contributed by atoms with Crippen LogP contribution in [0, 0.1) is 0 Å². The van der Waals surface area contributed by atoms with Gasteiger partial charge in [-0.2, -0.15) is 0 Å². The van der Waals surface area contributed by atoms with Gasteiger partial charge < -0.3 is 10.2 Å². The number of aromatic hydroxyl groups is 2. The van der Waals surface area contributed by atoms with Crippen LogP contribution in [0.15, 0.2) is 60.7 Å². The van der Waals surface area contributed by atoms with E-state index in [-0.39, 0.29) is 17.9 Å². The van der Waals surface area contributed by atoms with Crippen LogP contribution < -0.4 is 0 Å². The lowest BCUT2D eigenvalue weighted by Crippen LogP contribution is -2.44. The fraction of sp³-hybridized carbons (Fsp3) is 0.400. The molecule has 0 saturated heterocycles. The molecule has 0 unspecified atom stereocenters. The van der Waals surface area contributed by atoms with Crippen LogP contribution in [-0.4, -0.2) is 42.6 Å². The second kappa shape index (κ2) is 11.7. The molecule has 0 radical (unpaired) electrons. The predicted octanol–water partition coefficient (Wildman–Crippen LogP) is 3.77. The molecular weight excluding hydrogens is 400 g/mol. The van der Waals surface area contributed by atoms with E-state index in [1.807, 2.05) is 12.1 Å². The summed E-state index contributed by atoms with van der Waals surface area (Å²) in [6.07, 6.45) is 0.0966. The molecule has 2 rings (SSSR count). The minimum absolute atomic E-state index is 0.0966. The fourth-order valence-electron chi connectivity index (χ4n) is 2.10. The van der Waals surface area contributed by atoms with Crippen molar-refractivity contribution in [3.05, 3.63) is 60.7 Å². The standard InChI is InChI=1S/C8H18O4S2.2C6H6O/c1-5-8(4,13(9,10)6-2)14(11,12)7-3;2*7-6-4-2-1-3-5-6/h5-7H2,1-4H3;2*1-5,7H. The van der Waals surface area contributed by atoms with Crippen molar-refractivity contribution in [2.24, 2.45) is 0 Å². The lowest BCUT2D eigenvalue weighted by Gasteiger charge is -2.26. The number of phenolic OH excluding ortho intramolecular Hbond substituents is 2. The van der Waals surface area contributed by atoms with Gasteiger partial charge in [0.05, 0.1) is 0 Å². The molecule has 6 nitrogen and oxygen atoms in total. The Morgan fingerprint density at radius 2 is 0.964 bits per heavy atom. The van der Waals surface area contributed by atoms with Crippen LogP contribution >= 0.6 is 0 Å². The Balaban J connectivity index is 0.000000431. The third kappa shape index (κ3) is 7.52. The molecule has 0 aliphatic heterocycles. The first-order valence-corrected chi connectivity index (χ1v) is 12.2. The van der Waals surface area contributed by atoms with Crippen LogP contribution in [-0.2, 0) is 19.7 Å². The van der Waals surface area contributed by atoms with Gasteiger partial charge in [0, 0.05) is 11.5 Å². The normalized spacial score (nSPS) is 11.4. The Labute approximate surface area is 168 Å². The molecule has 0 aromatic heterocycles. The van der Waals surface area contributed by atoms with Crippen LogP contribution in [0.3, 0.4) is 0 Å². The van der Waals surface area contributed by atoms with Crippen molar-refractivity contribution in [1.82, 2.24) is 0 Å². The van der Waals surface area contributed by atoms with Crippen LogP contribution in [0.5, 0.6) is 11.5 Å². The van der Waals surface area contributed by atoms with E-state index < -0.39 is 23.8 Å². The molecule has 28 heavy (non-hydrogen) atoms. The lowest BCUT2D eigenvalue weighted by molar-refractivity contribution is 0.475. The van der Waals surface area contributed by atoms with E-state index >= 15 is 0 Å². The number of hydrogen-bond donors (Lipinski definition) is 2. The zero-order chi connectivity index (χ0) is 21.8. The van der Waals surface area contributed by atoms with E-state index in [4.69, 9.17) is 10.2 Å². The second-order valence-electron chi connectivity index (χ2n) is 5.97. The highest BCUT2D eigenvalue weighted by Gasteiger charge is 2.47. The minimum Gasteiger partial charge on any atom is -0.508 e. The van der Waals surface area contributed by atoms with E-state index in [0.29, 0.717) is 11.5 Å². The largest absolute Gasteiger partial charge is 0.508 e. The van der Waals surface area contributed by atoms with Gasteiger partial charge in [-0.15, -0.1) is 0 Å². The van der Waals surface area contributed by atoms with Crippen molar-refractivity contribution < 1.29 is 27.0 Å². The van der Waals surface area contributed by atoms with Gasteiger partial charge in [-0.3, -0.25) is 0 Å². The smallest absolute Gasteiger partial charge is 0.170 e. The Hall–Kier alpha value is -2.06. The molecule has 0 aliphatic rings. The highest BCUT2D eigenvalue weighted by molar-refractivity contribution is 8.10. The highest BCUT2D eigenvalue weighted by Crippen LogP contribution is 2.29. The monoisotopic (exact) mass is 430 g/mol. The van der Waals surface area contributed by atoms with E-state index in [2.05, 4.69) is 0 Å². The SMILES string of the molecule is CCC(C)(S(=O)(=O)CC)S(=O)(=O)CC.Oc1ccccc1.Oc1ccccc1. The average molecular weight is 431 g/mol. The van der Waals surface area contributed by atoms with E-state index in [1.54, 1.807) is 55.5 Å². The zero-order valence-electron chi connectivity index (χ0n) is 16.7. The third-order valence-corrected chi connectivity index (χ3v) is 10.5. The van der Waals surface area contributed by atoms with Crippen molar-refractivity contribution in [3.63, 3.8) is 0 Å². The number of para-hydroxylation sites is 2. The summed E-state index contributed by atoms with van der Waals surface area (Å²) < 4.78 is 45.1. The van der Waals surface area contributed by atoms with Crippen LogP contribution in [0.1, 0.15) is 34.1 Å². The Morgan fingerprint density at radius 3 is 1.11 bits per heavy atom. The molecule has 2 aromatic carbocycles. The number of benzene rings is 2. The maximum absolute atomic E-state index is 11.7. The first-order valence-electron chi connectivity index (χ1n) is 8.90. The Bertz CT molecular complexity index is 805. The van der Waals surface area contributed by atoms with Gasteiger partial charge >= 0.3 is 0 Å². The quantitative estimate of drug-likeness (QED) is 0.747. The number of hydrogen-bond acceptors (Lipinski definition) is 6. The molecule has 0 fully saturated rings. The predicted molar refractivity (Wildman–Crippen MR) is 114 cm³/mol. The number of rotatable bonds is 5. The van der Waals surface area contributed by atoms with Crippen molar-refractivity contribution in [1.29, 1.82) is 0 Å². The zero-order valence-corrected chi connectivity index (χ0v) is 18.4. The first-order chi connectivity index (χ1) is 13.0. The Kier molecular flexibility index (Phi) is 10.8. The van der Waals surface area contributed by atoms with Crippen molar-refractivity contribution in [2.45, 2.75) is 38.2 Å². The van der Waals surface area contributed by atoms with Gasteiger partial charge in [0.25, 0.3) is 0 Å². The second-order valence-corrected chi connectivity index (χ2v) is 11.6. The molecule has 0 bridgehead atoms. The number of sulfone groups is 2. The summed E-state index contributed by atoms with van der Waals surface area (Å²) in [7, 11) is -7.14. The molecule has 2 aromatic rings. The molecule has 158 valence electrons. The summed E-state index contributed by atoms with van der Waals surface area (Å²) >= 11 is 0. The summed E-state index contributed by atoms with van der Waals surface area (Å²) in [5, 5.41) is 17.3. The average Bonchev–Trinajstić information content (AvgIpc) is 2.69. The summed E-state index contributed by atoms with van der Waals surface area (Å²) in [6.45, 7) is 5.81.